The molecular formula is C32H36NOP. The number of para-hydroxylation sites is 1. The van der Waals surface area contributed by atoms with Gasteiger partial charge >= 0.3 is 0 Å². The normalized spacial score (nSPS) is 13.1. The minimum atomic E-state index is -0.172. The number of hydrogen-bond acceptors (Lipinski definition) is 2. The highest BCUT2D eigenvalue weighted by Crippen LogP contribution is 2.49. The van der Waals surface area contributed by atoms with Crippen LogP contribution in [0, 0.1) is 0 Å². The average molecular weight is 482 g/mol. The Morgan fingerprint density at radius 1 is 0.743 bits per heavy atom. The van der Waals surface area contributed by atoms with Crippen molar-refractivity contribution in [3.8, 4) is 5.75 Å². The van der Waals surface area contributed by atoms with Gasteiger partial charge < -0.3 is 10.0 Å². The Kier molecular flexibility index (Phi) is 7.93. The Morgan fingerprint density at radius 3 is 1.91 bits per heavy atom. The van der Waals surface area contributed by atoms with E-state index in [1.165, 1.54) is 27.7 Å². The predicted octanol–water partition coefficient (Wildman–Crippen LogP) is 7.27. The van der Waals surface area contributed by atoms with Gasteiger partial charge in [-0.05, 0) is 46.5 Å². The molecule has 0 saturated carbocycles. The van der Waals surface area contributed by atoms with Crippen molar-refractivity contribution in [2.24, 2.45) is 0 Å². The molecule has 4 aromatic carbocycles. The summed E-state index contributed by atoms with van der Waals surface area (Å²) in [4.78, 5) is 2.19. The van der Waals surface area contributed by atoms with Crippen molar-refractivity contribution >= 4 is 19.6 Å². The zero-order valence-electron chi connectivity index (χ0n) is 21.3. The monoisotopic (exact) mass is 481 g/mol. The molecule has 0 aromatic heterocycles. The van der Waals surface area contributed by atoms with Crippen LogP contribution in [-0.4, -0.2) is 19.2 Å². The Morgan fingerprint density at radius 2 is 1.31 bits per heavy atom. The number of phenols is 1. The van der Waals surface area contributed by atoms with Crippen LogP contribution >= 0.6 is 8.58 Å². The summed E-state index contributed by atoms with van der Waals surface area (Å²) in [5.41, 5.74) is 7.06. The van der Waals surface area contributed by atoms with Gasteiger partial charge in [-0.2, -0.15) is 0 Å². The first kappa shape index (κ1) is 25.0. The van der Waals surface area contributed by atoms with E-state index < -0.39 is 0 Å². The van der Waals surface area contributed by atoms with Crippen LogP contribution in [0.2, 0.25) is 0 Å². The third-order valence-corrected chi connectivity index (χ3v) is 8.70. The van der Waals surface area contributed by atoms with Crippen LogP contribution in [0.25, 0.3) is 0 Å². The molecule has 2 unspecified atom stereocenters. The molecule has 0 saturated heterocycles. The lowest BCUT2D eigenvalue weighted by atomic mass is 9.89. The highest BCUT2D eigenvalue weighted by Gasteiger charge is 2.31. The average Bonchev–Trinajstić information content (AvgIpc) is 2.87. The fourth-order valence-electron chi connectivity index (χ4n) is 4.68. The molecule has 0 spiro atoms. The summed E-state index contributed by atoms with van der Waals surface area (Å²) in [6.45, 7) is 4.55. The van der Waals surface area contributed by atoms with E-state index in [0.29, 0.717) is 14.3 Å². The van der Waals surface area contributed by atoms with Crippen molar-refractivity contribution in [2.75, 3.05) is 19.0 Å². The molecule has 2 atom stereocenters. The lowest BCUT2D eigenvalue weighted by molar-refractivity contribution is 0.450. The highest BCUT2D eigenvalue weighted by molar-refractivity contribution is 7.49. The van der Waals surface area contributed by atoms with Crippen molar-refractivity contribution in [3.63, 3.8) is 0 Å². The molecule has 0 aliphatic heterocycles. The Hall–Kier alpha value is -3.09. The first-order valence-corrected chi connectivity index (χ1v) is 13.4. The van der Waals surface area contributed by atoms with Crippen LogP contribution in [0.15, 0.2) is 97.1 Å². The maximum atomic E-state index is 11.7. The topological polar surface area (TPSA) is 23.5 Å². The standard InChI is InChI=1S/C32H36NOP/c1-5-32(2,35-30-19-13-12-18-29(30)33(3)4)28-23-26(20-24-14-8-6-9-15-24)22-27(31(28)34)21-25-16-10-7-11-17-25/h6-19,22-23,34-35H,5,20-21H2,1-4H3. The highest BCUT2D eigenvalue weighted by atomic mass is 31.1. The van der Waals surface area contributed by atoms with Crippen molar-refractivity contribution in [3.05, 3.63) is 125 Å². The summed E-state index contributed by atoms with van der Waals surface area (Å²) in [6, 6.07) is 34.1. The molecule has 1 N–H and O–H groups in total. The first-order chi connectivity index (χ1) is 16.9. The van der Waals surface area contributed by atoms with E-state index in [4.69, 9.17) is 0 Å². The van der Waals surface area contributed by atoms with Gasteiger partial charge in [-0.25, -0.2) is 0 Å². The lowest BCUT2D eigenvalue weighted by Gasteiger charge is -2.33. The summed E-state index contributed by atoms with van der Waals surface area (Å²) in [7, 11) is 4.74. The molecule has 0 radical (unpaired) electrons. The van der Waals surface area contributed by atoms with E-state index in [2.05, 4.69) is 124 Å². The summed E-state index contributed by atoms with van der Waals surface area (Å²) in [5, 5.41) is 12.8. The second-order valence-corrected chi connectivity index (χ2v) is 11.6. The zero-order chi connectivity index (χ0) is 24.8. The third kappa shape index (κ3) is 5.95. The SMILES string of the molecule is CCC(C)(Pc1ccccc1N(C)C)c1cc(Cc2ccccc2)cc(Cc2ccccc2)c1O. The summed E-state index contributed by atoms with van der Waals surface area (Å²) >= 11 is 0. The molecule has 3 heteroatoms. The van der Waals surface area contributed by atoms with Crippen LogP contribution in [0.3, 0.4) is 0 Å². The molecule has 0 fully saturated rings. The van der Waals surface area contributed by atoms with Crippen molar-refractivity contribution in [2.45, 2.75) is 38.3 Å². The molecule has 0 heterocycles. The number of aromatic hydroxyl groups is 1. The number of rotatable bonds is 9. The van der Waals surface area contributed by atoms with E-state index in [0.717, 1.165) is 30.4 Å². The van der Waals surface area contributed by atoms with E-state index in [1.54, 1.807) is 0 Å². The number of anilines is 1. The van der Waals surface area contributed by atoms with Gasteiger partial charge in [-0.1, -0.05) is 113 Å². The molecule has 0 amide bonds. The second kappa shape index (κ2) is 11.1. The molecule has 4 rings (SSSR count). The van der Waals surface area contributed by atoms with E-state index in [9.17, 15) is 5.11 Å². The lowest BCUT2D eigenvalue weighted by Crippen LogP contribution is -2.23. The minimum absolute atomic E-state index is 0.172. The van der Waals surface area contributed by atoms with Crippen molar-refractivity contribution in [1.82, 2.24) is 0 Å². The van der Waals surface area contributed by atoms with Crippen LogP contribution in [0.5, 0.6) is 5.75 Å². The third-order valence-electron chi connectivity index (χ3n) is 6.84. The van der Waals surface area contributed by atoms with Crippen LogP contribution in [0.4, 0.5) is 5.69 Å². The van der Waals surface area contributed by atoms with Crippen molar-refractivity contribution < 1.29 is 5.11 Å². The Labute approximate surface area is 212 Å². The van der Waals surface area contributed by atoms with E-state index in [-0.39, 0.29) is 5.16 Å². The number of hydrogen-bond donors (Lipinski definition) is 1. The van der Waals surface area contributed by atoms with Gasteiger partial charge in [-0.15, -0.1) is 0 Å². The van der Waals surface area contributed by atoms with Gasteiger partial charge in [0.25, 0.3) is 0 Å². The van der Waals surface area contributed by atoms with Crippen LogP contribution in [0.1, 0.15) is 48.1 Å². The summed E-state index contributed by atoms with van der Waals surface area (Å²) in [6.07, 6.45) is 2.52. The molecule has 4 aromatic rings. The van der Waals surface area contributed by atoms with Gasteiger partial charge in [-0.3, -0.25) is 0 Å². The molecule has 0 aliphatic rings. The summed E-state index contributed by atoms with van der Waals surface area (Å²) < 4.78 is 0. The smallest absolute Gasteiger partial charge is 0.123 e. The largest absolute Gasteiger partial charge is 0.507 e. The number of benzene rings is 4. The number of nitrogens with zero attached hydrogens (tertiary/aromatic N) is 1. The van der Waals surface area contributed by atoms with E-state index in [1.807, 2.05) is 6.07 Å². The van der Waals surface area contributed by atoms with Crippen molar-refractivity contribution in [1.29, 1.82) is 0 Å². The molecule has 180 valence electrons. The van der Waals surface area contributed by atoms with Gasteiger partial charge in [0.15, 0.2) is 0 Å². The zero-order valence-corrected chi connectivity index (χ0v) is 22.3. The van der Waals surface area contributed by atoms with Crippen LogP contribution in [-0.2, 0) is 18.0 Å². The maximum Gasteiger partial charge on any atom is 0.123 e. The Balaban J connectivity index is 1.80. The second-order valence-electron chi connectivity index (χ2n) is 9.70. The quantitative estimate of drug-likeness (QED) is 0.254. The van der Waals surface area contributed by atoms with Gasteiger partial charge in [0, 0.05) is 36.9 Å². The predicted molar refractivity (Wildman–Crippen MR) is 153 cm³/mol. The molecule has 2 nitrogen and oxygen atoms in total. The van der Waals surface area contributed by atoms with E-state index >= 15 is 0 Å². The fourth-order valence-corrected chi connectivity index (χ4v) is 6.39. The first-order valence-electron chi connectivity index (χ1n) is 12.4. The Bertz CT molecular complexity index is 1250. The van der Waals surface area contributed by atoms with Gasteiger partial charge in [0.05, 0.1) is 0 Å². The fraction of sp³-hybridized carbons (Fsp3) is 0.250. The maximum absolute atomic E-state index is 11.7. The minimum Gasteiger partial charge on any atom is -0.507 e. The molecule has 0 aliphatic carbocycles. The number of phenolic OH excluding ortho intramolecular Hbond substituents is 1. The summed E-state index contributed by atoms with van der Waals surface area (Å²) in [5.74, 6) is 0.449. The molecule has 0 bridgehead atoms. The molecule has 35 heavy (non-hydrogen) atoms. The van der Waals surface area contributed by atoms with Gasteiger partial charge in [0.2, 0.25) is 0 Å². The van der Waals surface area contributed by atoms with Crippen LogP contribution < -0.4 is 10.2 Å². The molecular weight excluding hydrogens is 445 g/mol. The van der Waals surface area contributed by atoms with Gasteiger partial charge in [0.1, 0.15) is 5.75 Å².